The Hall–Kier alpha value is -2.35. The fraction of sp³-hybridized carbons (Fsp3) is 0.211. The molecule has 0 aliphatic rings. The Balaban J connectivity index is 1.63. The largest absolute Gasteiger partial charge is 0.494 e. The summed E-state index contributed by atoms with van der Waals surface area (Å²) in [6.07, 6.45) is 2.08. The smallest absolute Gasteiger partial charge is 0.325 e. The molecule has 0 aliphatic carbocycles. The molecule has 0 radical (unpaired) electrons. The van der Waals surface area contributed by atoms with Gasteiger partial charge in [-0.1, -0.05) is 60.0 Å². The number of hydrogen-bond acceptors (Lipinski definition) is 5. The van der Waals surface area contributed by atoms with Gasteiger partial charge in [-0.15, -0.1) is 10.2 Å². The first-order chi connectivity index (χ1) is 13.5. The second kappa shape index (κ2) is 9.73. The van der Waals surface area contributed by atoms with Crippen molar-refractivity contribution >= 4 is 51.4 Å². The first-order valence-corrected chi connectivity index (χ1v) is 10.2. The normalized spacial score (nSPS) is 10.5. The van der Waals surface area contributed by atoms with Crippen molar-refractivity contribution < 1.29 is 9.53 Å². The zero-order chi connectivity index (χ0) is 19.9. The minimum atomic E-state index is -0.469. The Kier molecular flexibility index (Phi) is 7.08. The Bertz CT molecular complexity index is 965. The number of hydrogen-bond donors (Lipinski definition) is 2. The molecule has 0 bridgehead atoms. The highest BCUT2D eigenvalue weighted by atomic mass is 35.5. The number of carbonyl (C=O) groups is 1. The number of anilines is 2. The number of halogens is 2. The van der Waals surface area contributed by atoms with E-state index in [1.54, 1.807) is 18.2 Å². The van der Waals surface area contributed by atoms with Gasteiger partial charge in [-0.2, -0.15) is 0 Å². The third kappa shape index (κ3) is 5.58. The second-order valence-electron chi connectivity index (χ2n) is 5.85. The van der Waals surface area contributed by atoms with E-state index >= 15 is 0 Å². The summed E-state index contributed by atoms with van der Waals surface area (Å²) in [5.41, 5.74) is 1.32. The molecular formula is C19H18Cl2N4O2S. The van der Waals surface area contributed by atoms with Gasteiger partial charge in [0.1, 0.15) is 10.8 Å². The van der Waals surface area contributed by atoms with Gasteiger partial charge in [-0.25, -0.2) is 4.79 Å². The fourth-order valence-corrected chi connectivity index (χ4v) is 3.48. The van der Waals surface area contributed by atoms with Crippen molar-refractivity contribution in [3.05, 3.63) is 52.5 Å². The lowest BCUT2D eigenvalue weighted by Crippen LogP contribution is -2.19. The van der Waals surface area contributed by atoms with Crippen LogP contribution in [-0.4, -0.2) is 22.8 Å². The number of nitrogens with one attached hydrogen (secondary N) is 2. The van der Waals surface area contributed by atoms with Gasteiger partial charge < -0.3 is 10.1 Å². The lowest BCUT2D eigenvalue weighted by atomic mass is 10.2. The van der Waals surface area contributed by atoms with E-state index in [4.69, 9.17) is 27.9 Å². The van der Waals surface area contributed by atoms with Gasteiger partial charge in [0.25, 0.3) is 0 Å². The number of carbonyl (C=O) groups excluding carboxylic acids is 1. The molecule has 2 aromatic carbocycles. The van der Waals surface area contributed by atoms with Gasteiger partial charge in [0, 0.05) is 10.6 Å². The summed E-state index contributed by atoms with van der Waals surface area (Å²) < 4.78 is 5.72. The molecule has 0 saturated carbocycles. The first-order valence-electron chi connectivity index (χ1n) is 8.65. The number of benzene rings is 2. The average Bonchev–Trinajstić information content (AvgIpc) is 3.13. The summed E-state index contributed by atoms with van der Waals surface area (Å²) in [6, 6.07) is 12.0. The zero-order valence-electron chi connectivity index (χ0n) is 15.0. The van der Waals surface area contributed by atoms with Crippen LogP contribution in [0.5, 0.6) is 5.75 Å². The van der Waals surface area contributed by atoms with E-state index in [0.29, 0.717) is 32.5 Å². The lowest BCUT2D eigenvalue weighted by Gasteiger charge is -2.07. The molecule has 0 unspecified atom stereocenters. The van der Waals surface area contributed by atoms with Crippen molar-refractivity contribution in [1.82, 2.24) is 10.2 Å². The van der Waals surface area contributed by atoms with Gasteiger partial charge in [-0.3, -0.25) is 5.32 Å². The maximum atomic E-state index is 12.2. The fourth-order valence-electron chi connectivity index (χ4n) is 2.29. The number of unbranched alkanes of at least 4 members (excludes halogenated alkanes) is 1. The van der Waals surface area contributed by atoms with Crippen molar-refractivity contribution in [3.63, 3.8) is 0 Å². The number of amides is 2. The van der Waals surface area contributed by atoms with Crippen molar-refractivity contribution in [2.45, 2.75) is 19.8 Å². The van der Waals surface area contributed by atoms with Crippen LogP contribution < -0.4 is 15.4 Å². The minimum Gasteiger partial charge on any atom is -0.494 e. The summed E-state index contributed by atoms with van der Waals surface area (Å²) in [6.45, 7) is 2.79. The number of rotatable bonds is 7. The summed E-state index contributed by atoms with van der Waals surface area (Å²) >= 11 is 13.2. The van der Waals surface area contributed by atoms with E-state index in [9.17, 15) is 4.79 Å². The molecule has 0 saturated heterocycles. The van der Waals surface area contributed by atoms with Gasteiger partial charge in [-0.05, 0) is 36.8 Å². The van der Waals surface area contributed by atoms with E-state index < -0.39 is 6.03 Å². The van der Waals surface area contributed by atoms with Crippen LogP contribution >= 0.6 is 34.5 Å². The van der Waals surface area contributed by atoms with Crippen LogP contribution in [0.15, 0.2) is 42.5 Å². The van der Waals surface area contributed by atoms with E-state index in [1.165, 1.54) is 11.3 Å². The molecule has 2 N–H and O–H groups in total. The molecule has 1 heterocycles. The molecule has 6 nitrogen and oxygen atoms in total. The van der Waals surface area contributed by atoms with Gasteiger partial charge >= 0.3 is 6.03 Å². The molecule has 0 fully saturated rings. The molecule has 3 aromatic rings. The van der Waals surface area contributed by atoms with Crippen molar-refractivity contribution in [1.29, 1.82) is 0 Å². The topological polar surface area (TPSA) is 76.1 Å². The molecular weight excluding hydrogens is 419 g/mol. The highest BCUT2D eigenvalue weighted by Crippen LogP contribution is 2.29. The van der Waals surface area contributed by atoms with Crippen LogP contribution in [0, 0.1) is 0 Å². The predicted molar refractivity (Wildman–Crippen MR) is 115 cm³/mol. The lowest BCUT2D eigenvalue weighted by molar-refractivity contribution is 0.262. The minimum absolute atomic E-state index is 0.348. The number of urea groups is 1. The second-order valence-corrected chi connectivity index (χ2v) is 7.67. The van der Waals surface area contributed by atoms with Crippen molar-refractivity contribution in [2.75, 3.05) is 17.2 Å². The Morgan fingerprint density at radius 2 is 2.00 bits per heavy atom. The summed E-state index contributed by atoms with van der Waals surface area (Å²) in [4.78, 5) is 12.2. The number of aromatic nitrogens is 2. The maximum Gasteiger partial charge on any atom is 0.325 e. The molecule has 146 valence electrons. The molecule has 1 aromatic heterocycles. The quantitative estimate of drug-likeness (QED) is 0.423. The number of ether oxygens (including phenoxy) is 1. The van der Waals surface area contributed by atoms with E-state index in [1.807, 2.05) is 24.3 Å². The molecule has 0 aliphatic heterocycles. The van der Waals surface area contributed by atoms with E-state index in [-0.39, 0.29) is 0 Å². The molecule has 0 atom stereocenters. The van der Waals surface area contributed by atoms with Crippen LogP contribution in [0.2, 0.25) is 10.0 Å². The maximum absolute atomic E-state index is 12.2. The Labute approximate surface area is 176 Å². The van der Waals surface area contributed by atoms with E-state index in [2.05, 4.69) is 27.8 Å². The van der Waals surface area contributed by atoms with Crippen LogP contribution in [-0.2, 0) is 0 Å². The average molecular weight is 437 g/mol. The standard InChI is InChI=1S/C19H18Cl2N4O2S/c1-2-3-9-27-14-6-4-5-12(10-14)17-24-25-19(28-17)23-18(26)22-16-8-7-13(20)11-15(16)21/h4-8,10-11H,2-3,9H2,1H3,(H2,22,23,25,26). The van der Waals surface area contributed by atoms with Crippen LogP contribution in [0.3, 0.4) is 0 Å². The predicted octanol–water partition coefficient (Wildman–Crippen LogP) is 6.33. The van der Waals surface area contributed by atoms with Crippen molar-refractivity contribution in [2.24, 2.45) is 0 Å². The van der Waals surface area contributed by atoms with Crippen LogP contribution in [0.1, 0.15) is 19.8 Å². The molecule has 2 amide bonds. The van der Waals surface area contributed by atoms with Gasteiger partial charge in [0.2, 0.25) is 5.13 Å². The Morgan fingerprint density at radius 1 is 1.14 bits per heavy atom. The van der Waals surface area contributed by atoms with Gasteiger partial charge in [0.15, 0.2) is 0 Å². The highest BCUT2D eigenvalue weighted by Gasteiger charge is 2.12. The molecule has 3 rings (SSSR count). The third-order valence-electron chi connectivity index (χ3n) is 3.67. The van der Waals surface area contributed by atoms with Crippen molar-refractivity contribution in [3.8, 4) is 16.3 Å². The molecule has 0 spiro atoms. The van der Waals surface area contributed by atoms with Gasteiger partial charge in [0.05, 0.1) is 17.3 Å². The van der Waals surface area contributed by atoms with E-state index in [0.717, 1.165) is 24.2 Å². The SMILES string of the molecule is CCCCOc1cccc(-c2nnc(NC(=O)Nc3ccc(Cl)cc3Cl)s2)c1. The molecule has 9 heteroatoms. The zero-order valence-corrected chi connectivity index (χ0v) is 17.4. The highest BCUT2D eigenvalue weighted by molar-refractivity contribution is 7.18. The summed E-state index contributed by atoms with van der Waals surface area (Å²) in [5.74, 6) is 0.783. The Morgan fingerprint density at radius 3 is 2.79 bits per heavy atom. The number of nitrogens with zero attached hydrogens (tertiary/aromatic N) is 2. The van der Waals surface area contributed by atoms with Crippen LogP contribution in [0.25, 0.3) is 10.6 Å². The molecule has 28 heavy (non-hydrogen) atoms. The monoisotopic (exact) mass is 436 g/mol. The summed E-state index contributed by atoms with van der Waals surface area (Å²) in [7, 11) is 0. The first kappa shape index (κ1) is 20.4. The third-order valence-corrected chi connectivity index (χ3v) is 5.11. The van der Waals surface area contributed by atoms with Crippen LogP contribution in [0.4, 0.5) is 15.6 Å². The summed E-state index contributed by atoms with van der Waals surface area (Å²) in [5, 5.41) is 15.4.